The van der Waals surface area contributed by atoms with Gasteiger partial charge in [-0.15, -0.1) is 0 Å². The van der Waals surface area contributed by atoms with Gasteiger partial charge in [0.25, 0.3) is 0 Å². The van der Waals surface area contributed by atoms with Crippen molar-refractivity contribution in [2.24, 2.45) is 0 Å². The first-order chi connectivity index (χ1) is 21.8. The molecule has 0 aliphatic carbocycles. The zero-order valence-electron chi connectivity index (χ0n) is 23.7. The van der Waals surface area contributed by atoms with Crippen LogP contribution < -0.4 is 0 Å². The van der Waals surface area contributed by atoms with Gasteiger partial charge in [0.1, 0.15) is 91.6 Å². The highest BCUT2D eigenvalue weighted by molar-refractivity contribution is 5.02. The van der Waals surface area contributed by atoms with Crippen molar-refractivity contribution in [3.63, 3.8) is 0 Å². The maximum atomic E-state index is 12.1. The van der Waals surface area contributed by atoms with Crippen LogP contribution in [0.4, 0.5) is 0 Å². The zero-order valence-corrected chi connectivity index (χ0v) is 23.7. The Labute approximate surface area is 258 Å². The normalized spacial score (nSPS) is 55.4. The summed E-state index contributed by atoms with van der Waals surface area (Å²) in [7, 11) is 0. The number of ether oxygens (including phenoxy) is 9. The number of rotatable bonds is 9. The zero-order chi connectivity index (χ0) is 33.2. The minimum atomic E-state index is -3.24. The number of hydrogen-bond donors (Lipinski definition) is 10. The lowest BCUT2D eigenvalue weighted by Crippen LogP contribution is -2.71. The number of nitro groups is 1. The van der Waals surface area contributed by atoms with E-state index in [9.17, 15) is 61.2 Å². The Hall–Kier alpha value is -1.36. The van der Waals surface area contributed by atoms with Crippen molar-refractivity contribution in [3.05, 3.63) is 10.1 Å². The molecular formula is C24H37NO21. The van der Waals surface area contributed by atoms with Crippen LogP contribution in [0.15, 0.2) is 0 Å². The van der Waals surface area contributed by atoms with Crippen LogP contribution in [0.25, 0.3) is 0 Å². The molecule has 20 atom stereocenters. The monoisotopic (exact) mass is 675 g/mol. The topological polar surface area (TPSA) is 329 Å². The Morgan fingerprint density at radius 2 is 1.26 bits per heavy atom. The van der Waals surface area contributed by atoms with E-state index in [2.05, 4.69) is 0 Å². The van der Waals surface area contributed by atoms with Crippen LogP contribution in [0.2, 0.25) is 0 Å². The average Bonchev–Trinajstić information content (AvgIpc) is 3.51. The highest BCUT2D eigenvalue weighted by Crippen LogP contribution is 2.41. The molecule has 6 aliphatic heterocycles. The third-order valence-corrected chi connectivity index (χ3v) is 9.05. The molecular weight excluding hydrogens is 638 g/mol. The van der Waals surface area contributed by atoms with E-state index in [1.165, 1.54) is 0 Å². The summed E-state index contributed by atoms with van der Waals surface area (Å²) < 4.78 is 49.6. The third kappa shape index (κ3) is 5.63. The van der Waals surface area contributed by atoms with E-state index < -0.39 is 141 Å². The first-order valence-electron chi connectivity index (χ1n) is 14.5. The van der Waals surface area contributed by atoms with E-state index in [1.54, 1.807) is 0 Å². The van der Waals surface area contributed by atoms with Crippen molar-refractivity contribution in [1.82, 2.24) is 0 Å². The van der Waals surface area contributed by atoms with Gasteiger partial charge in [-0.05, 0) is 0 Å². The molecule has 6 aliphatic rings. The number of hydrogen-bond acceptors (Lipinski definition) is 21. The fourth-order valence-corrected chi connectivity index (χ4v) is 6.53. The fourth-order valence-electron chi connectivity index (χ4n) is 6.53. The van der Waals surface area contributed by atoms with Crippen molar-refractivity contribution < 1.29 is 98.6 Å². The number of aliphatic hydroxyl groups excluding tert-OH is 10. The standard InChI is InChI=1S/C24H37NO21/c26-1-5-10(29)17(13(32)22(41-5)43-15-7-3-38-18(15)12(31)21(35)40-7)44-23-14(33)19-16(8(42-23)4-39-19)46-24(25(36)37)20(34)11(30)9(28)6(2-27)45-24/h5-23,26-35H,1-4H2/t5-,6-,7+,8+,9+,10-,11+,12+,13-,14+,15+,16+,17+,18+,19+,20-,21-,22+,23+,24+/m1/s1. The summed E-state index contributed by atoms with van der Waals surface area (Å²) in [6, 6.07) is 0. The van der Waals surface area contributed by atoms with Crippen molar-refractivity contribution >= 4 is 0 Å². The van der Waals surface area contributed by atoms with Crippen LogP contribution in [0, 0.1) is 10.1 Å². The van der Waals surface area contributed by atoms with E-state index in [0.717, 1.165) is 0 Å². The number of aliphatic hydroxyl groups is 10. The van der Waals surface area contributed by atoms with Crippen molar-refractivity contribution in [1.29, 1.82) is 0 Å². The smallest absolute Gasteiger partial charge is 0.394 e. The average molecular weight is 676 g/mol. The first kappa shape index (κ1) is 34.5. The molecule has 22 nitrogen and oxygen atoms in total. The summed E-state index contributed by atoms with van der Waals surface area (Å²) in [5, 5.41) is 115. The van der Waals surface area contributed by atoms with Crippen LogP contribution in [-0.2, 0) is 42.6 Å². The lowest BCUT2D eigenvalue weighted by atomic mass is 9.95. The Balaban J connectivity index is 1.16. The van der Waals surface area contributed by atoms with Gasteiger partial charge in [0.2, 0.25) is 6.10 Å². The molecule has 0 aromatic carbocycles. The SMILES string of the molecule is O=[N+]([O-])[C@]1(O[C@@H]2[C@H]3OC[C@@H]2O[C@@H](O[C@@H]2[C@@H](O)[C@H](O[C@@H]4[C@H]5OC[C@@H]4O[C@@H](O)[C@H]5O)O[C@H](CO)[C@H]2O)[C@H]3O)O[C@H](CO)[C@H](O)[C@H](O)[C@H]1O. The predicted molar refractivity (Wildman–Crippen MR) is 133 cm³/mol. The van der Waals surface area contributed by atoms with E-state index in [-0.39, 0.29) is 13.2 Å². The molecule has 10 N–H and O–H groups in total. The summed E-state index contributed by atoms with van der Waals surface area (Å²) in [4.78, 5) is 10.9. The highest BCUT2D eigenvalue weighted by Gasteiger charge is 2.68. The molecule has 0 aromatic rings. The maximum Gasteiger partial charge on any atom is 0.472 e. The van der Waals surface area contributed by atoms with Gasteiger partial charge in [0, 0.05) is 0 Å². The van der Waals surface area contributed by atoms with E-state index in [1.807, 2.05) is 0 Å². The second kappa shape index (κ2) is 13.2. The van der Waals surface area contributed by atoms with Crippen LogP contribution >= 0.6 is 0 Å². The molecule has 4 bridgehead atoms. The maximum absolute atomic E-state index is 12.1. The highest BCUT2D eigenvalue weighted by atomic mass is 16.8. The molecule has 46 heavy (non-hydrogen) atoms. The lowest BCUT2D eigenvalue weighted by molar-refractivity contribution is -0.724. The molecule has 22 heteroatoms. The van der Waals surface area contributed by atoms with Crippen LogP contribution in [0.3, 0.4) is 0 Å². The minimum Gasteiger partial charge on any atom is -0.394 e. The third-order valence-electron chi connectivity index (χ3n) is 9.05. The minimum absolute atomic E-state index is 0.0631. The van der Waals surface area contributed by atoms with Crippen LogP contribution in [-0.4, -0.2) is 205 Å². The number of fused-ring (bicyclic) bond motifs is 4. The molecule has 0 saturated carbocycles. The van der Waals surface area contributed by atoms with Gasteiger partial charge in [0.15, 0.2) is 18.9 Å². The van der Waals surface area contributed by atoms with Gasteiger partial charge in [-0.2, -0.15) is 0 Å². The summed E-state index contributed by atoms with van der Waals surface area (Å²) in [6.07, 6.45) is -30.4. The molecule has 6 fully saturated rings. The van der Waals surface area contributed by atoms with Crippen molar-refractivity contribution in [3.8, 4) is 0 Å². The van der Waals surface area contributed by atoms with Crippen LogP contribution in [0.1, 0.15) is 0 Å². The molecule has 0 spiro atoms. The van der Waals surface area contributed by atoms with Crippen LogP contribution in [0.5, 0.6) is 0 Å². The Bertz CT molecular complexity index is 1090. The Morgan fingerprint density at radius 1 is 0.674 bits per heavy atom. The predicted octanol–water partition coefficient (Wildman–Crippen LogP) is -8.05. The van der Waals surface area contributed by atoms with Crippen molar-refractivity contribution in [2.45, 2.75) is 122 Å². The molecule has 0 unspecified atom stereocenters. The molecule has 6 rings (SSSR count). The second-order valence-corrected chi connectivity index (χ2v) is 11.8. The number of nitrogens with zero attached hydrogens (tertiary/aromatic N) is 1. The van der Waals surface area contributed by atoms with Gasteiger partial charge >= 0.3 is 5.91 Å². The lowest BCUT2D eigenvalue weighted by Gasteiger charge is -2.47. The molecule has 0 amide bonds. The summed E-state index contributed by atoms with van der Waals surface area (Å²) in [5.74, 6) is -3.24. The fraction of sp³-hybridized carbons (Fsp3) is 1.00. The van der Waals surface area contributed by atoms with E-state index in [4.69, 9.17) is 42.6 Å². The molecule has 6 saturated heterocycles. The van der Waals surface area contributed by atoms with Gasteiger partial charge < -0.3 is 84.2 Å². The first-order valence-corrected chi connectivity index (χ1v) is 14.5. The van der Waals surface area contributed by atoms with Gasteiger partial charge in [-0.3, -0.25) is 19.6 Å². The molecule has 264 valence electrons. The largest absolute Gasteiger partial charge is 0.472 e. The van der Waals surface area contributed by atoms with Gasteiger partial charge in [0.05, 0.1) is 31.4 Å². The molecule has 0 aromatic heterocycles. The van der Waals surface area contributed by atoms with Crippen molar-refractivity contribution in [2.75, 3.05) is 26.4 Å². The quantitative estimate of drug-likeness (QED) is 0.0616. The van der Waals surface area contributed by atoms with E-state index in [0.29, 0.717) is 0 Å². The van der Waals surface area contributed by atoms with E-state index >= 15 is 0 Å². The summed E-state index contributed by atoms with van der Waals surface area (Å²) in [6.45, 7) is -2.18. The second-order valence-electron chi connectivity index (χ2n) is 11.8. The van der Waals surface area contributed by atoms with Gasteiger partial charge in [-0.25, -0.2) is 0 Å². The summed E-state index contributed by atoms with van der Waals surface area (Å²) in [5.41, 5.74) is 0. The van der Waals surface area contributed by atoms with Gasteiger partial charge in [-0.1, -0.05) is 0 Å². The molecule has 0 radical (unpaired) electrons. The summed E-state index contributed by atoms with van der Waals surface area (Å²) >= 11 is 0. The Kier molecular flexibility index (Phi) is 9.87. The Morgan fingerprint density at radius 3 is 1.89 bits per heavy atom. The molecule has 6 heterocycles.